The van der Waals surface area contributed by atoms with Crippen molar-refractivity contribution in [3.63, 3.8) is 0 Å². The molecule has 36 heavy (non-hydrogen) atoms. The van der Waals surface area contributed by atoms with E-state index in [1.54, 1.807) is 16.7 Å². The maximum absolute atomic E-state index is 13.8. The van der Waals surface area contributed by atoms with Crippen LogP contribution < -0.4 is 15.5 Å². The zero-order valence-electron chi connectivity index (χ0n) is 21.0. The molecular weight excluding hydrogens is 462 g/mol. The van der Waals surface area contributed by atoms with Gasteiger partial charge < -0.3 is 30.1 Å². The molecule has 0 unspecified atom stereocenters. The number of benzene rings is 1. The standard InChI is InChI=1S/C26H37N5O5/c1-2-36-23(33)17-27-25(35)29-15-13-26(14-16-29)24(34)30(19-31(26)21-11-7-4-8-12-21)18-22(32)28-20-9-5-3-6-10-20/h4,7-8,11-12,20H,2-3,5-6,9-10,13-19H2,1H3,(H,27,35)(H,28,32). The molecule has 4 rings (SSSR count). The number of hydrogen-bond donors (Lipinski definition) is 2. The van der Waals surface area contributed by atoms with Crippen molar-refractivity contribution in [1.82, 2.24) is 20.4 Å². The van der Waals surface area contributed by atoms with E-state index < -0.39 is 11.5 Å². The van der Waals surface area contributed by atoms with Gasteiger partial charge >= 0.3 is 12.0 Å². The molecule has 1 saturated carbocycles. The van der Waals surface area contributed by atoms with Crippen LogP contribution in [-0.2, 0) is 19.1 Å². The van der Waals surface area contributed by atoms with Gasteiger partial charge in [0.25, 0.3) is 5.91 Å². The molecule has 0 aromatic heterocycles. The molecule has 1 aliphatic carbocycles. The largest absolute Gasteiger partial charge is 0.465 e. The minimum Gasteiger partial charge on any atom is -0.465 e. The molecular formula is C26H37N5O5. The van der Waals surface area contributed by atoms with Crippen molar-refractivity contribution in [2.24, 2.45) is 0 Å². The molecule has 10 nitrogen and oxygen atoms in total. The summed E-state index contributed by atoms with van der Waals surface area (Å²) < 4.78 is 4.86. The van der Waals surface area contributed by atoms with Gasteiger partial charge in [0.05, 0.1) is 13.3 Å². The molecule has 0 radical (unpaired) electrons. The summed E-state index contributed by atoms with van der Waals surface area (Å²) in [5.74, 6) is -0.671. The second-order valence-corrected chi connectivity index (χ2v) is 9.79. The fourth-order valence-corrected chi connectivity index (χ4v) is 5.57. The Bertz CT molecular complexity index is 941. The molecule has 2 saturated heterocycles. The Labute approximate surface area is 212 Å². The normalized spacial score (nSPS) is 19.9. The van der Waals surface area contributed by atoms with E-state index in [2.05, 4.69) is 15.5 Å². The lowest BCUT2D eigenvalue weighted by molar-refractivity contribution is -0.141. The van der Waals surface area contributed by atoms with Crippen LogP contribution in [0.1, 0.15) is 51.9 Å². The molecule has 4 amide bonds. The zero-order chi connectivity index (χ0) is 25.5. The number of hydrogen-bond acceptors (Lipinski definition) is 6. The first-order chi connectivity index (χ1) is 17.4. The topological polar surface area (TPSA) is 111 Å². The molecule has 1 spiro atoms. The highest BCUT2D eigenvalue weighted by atomic mass is 16.5. The van der Waals surface area contributed by atoms with Crippen molar-refractivity contribution >= 4 is 29.5 Å². The summed E-state index contributed by atoms with van der Waals surface area (Å²) >= 11 is 0. The van der Waals surface area contributed by atoms with Crippen molar-refractivity contribution in [3.8, 4) is 0 Å². The summed E-state index contributed by atoms with van der Waals surface area (Å²) in [6.07, 6.45) is 6.33. The Kier molecular flexibility index (Phi) is 8.32. The van der Waals surface area contributed by atoms with Gasteiger partial charge in [0.15, 0.2) is 0 Å². The van der Waals surface area contributed by atoms with Gasteiger partial charge in [-0.1, -0.05) is 37.5 Å². The third kappa shape index (κ3) is 5.74. The molecule has 10 heteroatoms. The summed E-state index contributed by atoms with van der Waals surface area (Å²) in [5.41, 5.74) is 0.103. The number of ether oxygens (including phenoxy) is 1. The third-order valence-electron chi connectivity index (χ3n) is 7.45. The Morgan fingerprint density at radius 1 is 1.06 bits per heavy atom. The number of anilines is 1. The molecule has 1 aromatic carbocycles. The molecule has 2 aliphatic heterocycles. The number of para-hydroxylation sites is 1. The van der Waals surface area contributed by atoms with Gasteiger partial charge in [0, 0.05) is 24.8 Å². The maximum atomic E-state index is 13.8. The summed E-state index contributed by atoms with van der Waals surface area (Å²) in [6, 6.07) is 9.59. The predicted octanol–water partition coefficient (Wildman–Crippen LogP) is 1.85. The van der Waals surface area contributed by atoms with Crippen LogP contribution in [0, 0.1) is 0 Å². The number of rotatable bonds is 7. The van der Waals surface area contributed by atoms with Crippen LogP contribution in [0.3, 0.4) is 0 Å². The van der Waals surface area contributed by atoms with Crippen LogP contribution in [0.25, 0.3) is 0 Å². The molecule has 3 aliphatic rings. The molecule has 0 bridgehead atoms. The van der Waals surface area contributed by atoms with Gasteiger partial charge in [0.1, 0.15) is 18.6 Å². The quantitative estimate of drug-likeness (QED) is 0.554. The Balaban J connectivity index is 1.42. The Morgan fingerprint density at radius 3 is 2.42 bits per heavy atom. The monoisotopic (exact) mass is 499 g/mol. The number of carbonyl (C=O) groups excluding carboxylic acids is 4. The van der Waals surface area contributed by atoms with E-state index in [0.29, 0.717) is 32.6 Å². The Hall–Kier alpha value is -3.30. The predicted molar refractivity (Wildman–Crippen MR) is 134 cm³/mol. The lowest BCUT2D eigenvalue weighted by Gasteiger charge is -2.43. The zero-order valence-corrected chi connectivity index (χ0v) is 21.0. The van der Waals surface area contributed by atoms with Crippen LogP contribution in [0.2, 0.25) is 0 Å². The number of amides is 4. The molecule has 196 valence electrons. The highest BCUT2D eigenvalue weighted by Crippen LogP contribution is 2.39. The number of carbonyl (C=O) groups is 4. The molecule has 2 N–H and O–H groups in total. The summed E-state index contributed by atoms with van der Waals surface area (Å²) in [6.45, 7) is 2.88. The van der Waals surface area contributed by atoms with Crippen molar-refractivity contribution in [2.75, 3.05) is 44.4 Å². The first-order valence-electron chi connectivity index (χ1n) is 13.0. The lowest BCUT2D eigenvalue weighted by Crippen LogP contribution is -2.58. The number of nitrogens with zero attached hydrogens (tertiary/aromatic N) is 3. The summed E-state index contributed by atoms with van der Waals surface area (Å²) in [5, 5.41) is 5.71. The minimum atomic E-state index is -0.815. The van der Waals surface area contributed by atoms with Gasteiger partial charge in [0.2, 0.25) is 5.91 Å². The van der Waals surface area contributed by atoms with Gasteiger partial charge in [-0.15, -0.1) is 0 Å². The molecule has 0 atom stereocenters. The molecule has 1 aromatic rings. The number of piperidine rings is 1. The smallest absolute Gasteiger partial charge is 0.325 e. The fourth-order valence-electron chi connectivity index (χ4n) is 5.57. The summed E-state index contributed by atoms with van der Waals surface area (Å²) in [7, 11) is 0. The van der Waals surface area contributed by atoms with Crippen molar-refractivity contribution in [1.29, 1.82) is 0 Å². The van der Waals surface area contributed by atoms with Crippen LogP contribution in [0.15, 0.2) is 30.3 Å². The van der Waals surface area contributed by atoms with Crippen LogP contribution in [-0.4, -0.2) is 84.6 Å². The second-order valence-electron chi connectivity index (χ2n) is 9.79. The van der Waals surface area contributed by atoms with Crippen molar-refractivity contribution < 1.29 is 23.9 Å². The second kappa shape index (κ2) is 11.6. The van der Waals surface area contributed by atoms with E-state index in [1.807, 2.05) is 30.3 Å². The van der Waals surface area contributed by atoms with Crippen LogP contribution in [0.5, 0.6) is 0 Å². The molecule has 2 heterocycles. The number of urea groups is 1. The fraction of sp³-hybridized carbons (Fsp3) is 0.615. The lowest BCUT2D eigenvalue weighted by atomic mass is 9.85. The van der Waals surface area contributed by atoms with E-state index >= 15 is 0 Å². The van der Waals surface area contributed by atoms with Crippen molar-refractivity contribution in [3.05, 3.63) is 30.3 Å². The van der Waals surface area contributed by atoms with Gasteiger partial charge in [-0.05, 0) is 44.7 Å². The van der Waals surface area contributed by atoms with Crippen molar-refractivity contribution in [2.45, 2.75) is 63.5 Å². The first kappa shape index (κ1) is 25.8. The minimum absolute atomic E-state index is 0.0319. The highest BCUT2D eigenvalue weighted by Gasteiger charge is 2.54. The van der Waals surface area contributed by atoms with Crippen LogP contribution in [0.4, 0.5) is 10.5 Å². The number of nitrogens with one attached hydrogen (secondary N) is 2. The SMILES string of the molecule is CCOC(=O)CNC(=O)N1CCC2(CC1)C(=O)N(CC(=O)NC1CCCCC1)CN2c1ccccc1. The third-order valence-corrected chi connectivity index (χ3v) is 7.45. The average molecular weight is 500 g/mol. The maximum Gasteiger partial charge on any atom is 0.325 e. The highest BCUT2D eigenvalue weighted by molar-refractivity contribution is 5.96. The summed E-state index contributed by atoms with van der Waals surface area (Å²) in [4.78, 5) is 56.1. The number of esters is 1. The van der Waals surface area contributed by atoms with Gasteiger partial charge in [-0.2, -0.15) is 0 Å². The first-order valence-corrected chi connectivity index (χ1v) is 13.0. The molecule has 3 fully saturated rings. The van der Waals surface area contributed by atoms with Gasteiger partial charge in [-0.3, -0.25) is 14.4 Å². The van der Waals surface area contributed by atoms with E-state index in [1.165, 1.54) is 6.42 Å². The van der Waals surface area contributed by atoms with E-state index in [9.17, 15) is 19.2 Å². The average Bonchev–Trinajstić information content (AvgIpc) is 3.15. The van der Waals surface area contributed by atoms with Gasteiger partial charge in [-0.25, -0.2) is 4.79 Å². The van der Waals surface area contributed by atoms with E-state index in [-0.39, 0.29) is 43.6 Å². The van der Waals surface area contributed by atoms with E-state index in [0.717, 1.165) is 31.4 Å². The Morgan fingerprint density at radius 2 is 1.75 bits per heavy atom. The van der Waals surface area contributed by atoms with Crippen LogP contribution >= 0.6 is 0 Å². The van der Waals surface area contributed by atoms with E-state index in [4.69, 9.17) is 4.74 Å². The number of likely N-dealkylation sites (tertiary alicyclic amines) is 1.